The first-order valence-corrected chi connectivity index (χ1v) is 7.85. The quantitative estimate of drug-likeness (QED) is 0.525. The molecule has 0 spiro atoms. The Morgan fingerprint density at radius 3 is 2.00 bits per heavy atom. The third-order valence-electron chi connectivity index (χ3n) is 4.35. The molecule has 1 N–H and O–H groups in total. The fourth-order valence-electron chi connectivity index (χ4n) is 2.25. The molecule has 3 unspecified atom stereocenters. The minimum atomic E-state index is -4.84. The van der Waals surface area contributed by atoms with Crippen molar-refractivity contribution in [3.8, 4) is 0 Å². The van der Waals surface area contributed by atoms with Crippen molar-refractivity contribution in [2.75, 3.05) is 0 Å². The molecule has 0 bridgehead atoms. The Kier molecular flexibility index (Phi) is 7.10. The highest BCUT2D eigenvalue weighted by atomic mass is 19.4. The van der Waals surface area contributed by atoms with Crippen LogP contribution in [0.15, 0.2) is 12.2 Å². The third kappa shape index (κ3) is 5.48. The van der Waals surface area contributed by atoms with Crippen LogP contribution in [0.2, 0.25) is 0 Å². The second-order valence-electron chi connectivity index (χ2n) is 7.19. The van der Waals surface area contributed by atoms with Crippen LogP contribution in [-0.4, -0.2) is 40.2 Å². The summed E-state index contributed by atoms with van der Waals surface area (Å²) in [5, 5.41) is 9.94. The molecule has 0 saturated heterocycles. The molecule has 0 aliphatic carbocycles. The molecule has 142 valence electrons. The van der Waals surface area contributed by atoms with Crippen molar-refractivity contribution in [2.45, 2.75) is 90.4 Å². The van der Waals surface area contributed by atoms with E-state index in [0.717, 1.165) is 0 Å². The molecule has 0 heterocycles. The number of halogens is 3. The summed E-state index contributed by atoms with van der Waals surface area (Å²) >= 11 is 0. The first-order valence-electron chi connectivity index (χ1n) is 7.85. The summed E-state index contributed by atoms with van der Waals surface area (Å²) in [4.78, 5) is 11.6. The molecule has 0 radical (unpaired) electrons. The Hall–Kier alpha value is -1.08. The monoisotopic (exact) mass is 354 g/mol. The average molecular weight is 354 g/mol. The fourth-order valence-corrected chi connectivity index (χ4v) is 2.25. The number of carbonyl (C=O) groups excluding carboxylic acids is 1. The number of ether oxygens (including phenoxy) is 2. The van der Waals surface area contributed by atoms with Crippen LogP contribution < -0.4 is 0 Å². The molecule has 0 saturated carbocycles. The highest BCUT2D eigenvalue weighted by Crippen LogP contribution is 2.43. The molecule has 0 aliphatic heterocycles. The van der Waals surface area contributed by atoms with E-state index in [1.165, 1.54) is 20.8 Å². The number of aliphatic hydroxyl groups is 1. The molecule has 0 aromatic rings. The van der Waals surface area contributed by atoms with Gasteiger partial charge in [-0.05, 0) is 48.0 Å². The van der Waals surface area contributed by atoms with Gasteiger partial charge in [0.1, 0.15) is 11.7 Å². The Morgan fingerprint density at radius 1 is 1.21 bits per heavy atom. The summed E-state index contributed by atoms with van der Waals surface area (Å²) in [6.45, 7) is 13.1. The molecule has 0 fully saturated rings. The summed E-state index contributed by atoms with van der Waals surface area (Å²) in [6, 6.07) is 0. The van der Waals surface area contributed by atoms with Gasteiger partial charge in [0, 0.05) is 12.0 Å². The first-order chi connectivity index (χ1) is 10.5. The first kappa shape index (κ1) is 22.9. The highest BCUT2D eigenvalue weighted by molar-refractivity contribution is 5.87. The van der Waals surface area contributed by atoms with Gasteiger partial charge in [-0.2, -0.15) is 13.2 Å². The van der Waals surface area contributed by atoms with Gasteiger partial charge >= 0.3 is 12.1 Å². The van der Waals surface area contributed by atoms with E-state index in [0.29, 0.717) is 13.3 Å². The summed E-state index contributed by atoms with van der Waals surface area (Å²) in [5.74, 6) is -0.567. The number of carbonyl (C=O) groups is 1. The second-order valence-corrected chi connectivity index (χ2v) is 7.19. The number of rotatable bonds is 8. The van der Waals surface area contributed by atoms with Crippen molar-refractivity contribution < 1.29 is 32.5 Å². The Bertz CT molecular complexity index is 469. The average Bonchev–Trinajstić information content (AvgIpc) is 2.35. The molecular weight excluding hydrogens is 325 g/mol. The van der Waals surface area contributed by atoms with E-state index in [1.807, 2.05) is 0 Å². The van der Waals surface area contributed by atoms with Crippen molar-refractivity contribution in [1.82, 2.24) is 0 Å². The van der Waals surface area contributed by atoms with Crippen LogP contribution in [0, 0.1) is 0 Å². The van der Waals surface area contributed by atoms with Crippen molar-refractivity contribution in [3.05, 3.63) is 12.2 Å². The lowest BCUT2D eigenvalue weighted by molar-refractivity contribution is -0.329. The van der Waals surface area contributed by atoms with Gasteiger partial charge in [-0.3, -0.25) is 0 Å². The molecule has 0 rings (SSSR count). The van der Waals surface area contributed by atoms with E-state index in [4.69, 9.17) is 9.47 Å². The Labute approximate surface area is 142 Å². The van der Waals surface area contributed by atoms with Crippen LogP contribution in [0.5, 0.6) is 0 Å². The zero-order valence-electron chi connectivity index (χ0n) is 15.5. The predicted molar refractivity (Wildman–Crippen MR) is 85.5 cm³/mol. The fraction of sp³-hybridized carbons (Fsp3) is 0.824. The highest BCUT2D eigenvalue weighted by Gasteiger charge is 2.61. The van der Waals surface area contributed by atoms with Crippen LogP contribution in [0.3, 0.4) is 0 Å². The number of hydrogen-bond acceptors (Lipinski definition) is 4. The molecule has 7 heteroatoms. The maximum absolute atomic E-state index is 13.1. The second kappa shape index (κ2) is 7.44. The maximum Gasteiger partial charge on any atom is 0.419 e. The number of alkyl halides is 3. The molecule has 4 nitrogen and oxygen atoms in total. The van der Waals surface area contributed by atoms with Crippen LogP contribution in [-0.2, 0) is 14.3 Å². The van der Waals surface area contributed by atoms with E-state index >= 15 is 0 Å². The van der Waals surface area contributed by atoms with Crippen LogP contribution in [0.4, 0.5) is 13.2 Å². The molecule has 0 aliphatic rings. The molecular formula is C17H29F3O4. The lowest BCUT2D eigenvalue weighted by atomic mass is 9.84. The summed E-state index contributed by atoms with van der Waals surface area (Å²) in [5.41, 5.74) is -5.71. The minimum absolute atomic E-state index is 0.180. The van der Waals surface area contributed by atoms with Crippen LogP contribution in [0.25, 0.3) is 0 Å². The van der Waals surface area contributed by atoms with Gasteiger partial charge in [0.05, 0.1) is 5.60 Å². The Morgan fingerprint density at radius 2 is 1.67 bits per heavy atom. The normalized spacial score (nSPS) is 19.1. The van der Waals surface area contributed by atoms with E-state index in [-0.39, 0.29) is 12.0 Å². The van der Waals surface area contributed by atoms with E-state index in [2.05, 4.69) is 6.58 Å². The Balaban J connectivity index is 5.25. The van der Waals surface area contributed by atoms with Crippen molar-refractivity contribution in [1.29, 1.82) is 0 Å². The lowest BCUT2D eigenvalue weighted by Crippen LogP contribution is -2.61. The van der Waals surface area contributed by atoms with E-state index < -0.39 is 35.1 Å². The molecule has 0 aromatic heterocycles. The summed E-state index contributed by atoms with van der Waals surface area (Å²) < 4.78 is 50.2. The predicted octanol–water partition coefficient (Wildman–Crippen LogP) is 4.16. The zero-order chi connectivity index (χ0) is 19.6. The van der Waals surface area contributed by atoms with Crippen molar-refractivity contribution in [2.24, 2.45) is 0 Å². The van der Waals surface area contributed by atoms with Gasteiger partial charge in [0.25, 0.3) is 0 Å². The van der Waals surface area contributed by atoms with Gasteiger partial charge in [-0.25, -0.2) is 4.79 Å². The smallest absolute Gasteiger partial charge is 0.419 e. The van der Waals surface area contributed by atoms with Gasteiger partial charge in [-0.15, -0.1) is 0 Å². The maximum atomic E-state index is 13.1. The molecule has 0 aromatic carbocycles. The molecule has 0 amide bonds. The minimum Gasteiger partial charge on any atom is -0.459 e. The van der Waals surface area contributed by atoms with Gasteiger partial charge in [-0.1, -0.05) is 13.5 Å². The standard InChI is InChI=1S/C17H29F3O4/c1-9-15(7,10-12(4)23-13(21)11(2)3)24-14(5,6)16(8,22)17(18,19)20/h12,22H,2,9-10H2,1,3-8H3. The summed E-state index contributed by atoms with van der Waals surface area (Å²) in [7, 11) is 0. The van der Waals surface area contributed by atoms with Gasteiger partial charge in [0.2, 0.25) is 0 Å². The molecule has 3 atom stereocenters. The molecule has 24 heavy (non-hydrogen) atoms. The SMILES string of the molecule is C=C(C)C(=O)OC(C)CC(C)(CC)OC(C)(C)C(C)(O)C(F)(F)F. The van der Waals surface area contributed by atoms with E-state index in [9.17, 15) is 23.1 Å². The van der Waals surface area contributed by atoms with E-state index in [1.54, 1.807) is 20.8 Å². The van der Waals surface area contributed by atoms with Gasteiger partial charge < -0.3 is 14.6 Å². The number of hydrogen-bond donors (Lipinski definition) is 1. The zero-order valence-corrected chi connectivity index (χ0v) is 15.5. The van der Waals surface area contributed by atoms with Crippen molar-refractivity contribution in [3.63, 3.8) is 0 Å². The third-order valence-corrected chi connectivity index (χ3v) is 4.35. The number of esters is 1. The van der Waals surface area contributed by atoms with Crippen molar-refractivity contribution >= 4 is 5.97 Å². The lowest BCUT2D eigenvalue weighted by Gasteiger charge is -2.46. The van der Waals surface area contributed by atoms with Crippen LogP contribution in [0.1, 0.15) is 61.3 Å². The summed E-state index contributed by atoms with van der Waals surface area (Å²) in [6.07, 6.45) is -4.87. The van der Waals surface area contributed by atoms with Crippen LogP contribution >= 0.6 is 0 Å². The largest absolute Gasteiger partial charge is 0.459 e. The topological polar surface area (TPSA) is 55.8 Å². The van der Waals surface area contributed by atoms with Gasteiger partial charge in [0.15, 0.2) is 5.60 Å².